The first-order valence-electron chi connectivity index (χ1n) is 11.0. The summed E-state index contributed by atoms with van der Waals surface area (Å²) in [4.78, 5) is 28.0. The highest BCUT2D eigenvalue weighted by atomic mass is 35.5. The van der Waals surface area contributed by atoms with Crippen LogP contribution in [0.25, 0.3) is 0 Å². The van der Waals surface area contributed by atoms with Crippen molar-refractivity contribution in [2.24, 2.45) is 0 Å². The number of amides is 2. The van der Waals surface area contributed by atoms with E-state index in [1.165, 1.54) is 0 Å². The smallest absolute Gasteiger partial charge is 0.242 e. The number of hydrogen-bond donors (Lipinski definition) is 1. The average Bonchev–Trinajstić information content (AvgIpc) is 2.86. The number of rotatable bonds is 10. The Bertz CT molecular complexity index is 1120. The van der Waals surface area contributed by atoms with Crippen molar-refractivity contribution in [2.45, 2.75) is 32.5 Å². The van der Waals surface area contributed by atoms with Crippen LogP contribution in [0.4, 0.5) is 0 Å². The topological polar surface area (TPSA) is 67.9 Å². The van der Waals surface area contributed by atoms with Crippen molar-refractivity contribution < 1.29 is 19.1 Å². The predicted octanol–water partition coefficient (Wildman–Crippen LogP) is 4.63. The number of nitrogens with one attached hydrogen (secondary N) is 1. The van der Waals surface area contributed by atoms with Gasteiger partial charge in [0, 0.05) is 18.1 Å². The van der Waals surface area contributed by atoms with Gasteiger partial charge in [0.25, 0.3) is 0 Å². The van der Waals surface area contributed by atoms with Crippen LogP contribution in [-0.2, 0) is 29.1 Å². The maximum Gasteiger partial charge on any atom is 0.242 e. The molecule has 6 nitrogen and oxygen atoms in total. The predicted molar refractivity (Wildman–Crippen MR) is 133 cm³/mol. The van der Waals surface area contributed by atoms with Crippen molar-refractivity contribution in [1.82, 2.24) is 10.2 Å². The number of nitrogens with zero attached hydrogens (tertiary/aromatic N) is 1. The molecule has 3 rings (SSSR count). The molecule has 0 aliphatic carbocycles. The molecule has 0 aromatic heterocycles. The fourth-order valence-corrected chi connectivity index (χ4v) is 3.80. The van der Waals surface area contributed by atoms with Crippen LogP contribution < -0.4 is 14.8 Å². The van der Waals surface area contributed by atoms with Crippen LogP contribution in [0, 0.1) is 0 Å². The maximum absolute atomic E-state index is 13.4. The van der Waals surface area contributed by atoms with Gasteiger partial charge in [0.05, 0.1) is 20.6 Å². The zero-order chi connectivity index (χ0) is 24.5. The van der Waals surface area contributed by atoms with E-state index in [4.69, 9.17) is 21.1 Å². The van der Waals surface area contributed by atoms with Crippen molar-refractivity contribution in [3.05, 3.63) is 94.5 Å². The first kappa shape index (κ1) is 25.1. The Morgan fingerprint density at radius 3 is 2.26 bits per heavy atom. The largest absolute Gasteiger partial charge is 0.493 e. The molecular formula is C27H29ClN2O4. The molecule has 1 atom stereocenters. The van der Waals surface area contributed by atoms with Crippen LogP contribution in [0.1, 0.15) is 23.6 Å². The summed E-state index contributed by atoms with van der Waals surface area (Å²) in [6, 6.07) is 21.6. The Labute approximate surface area is 205 Å². The monoisotopic (exact) mass is 480 g/mol. The van der Waals surface area contributed by atoms with Gasteiger partial charge in [-0.15, -0.1) is 0 Å². The van der Waals surface area contributed by atoms with E-state index in [9.17, 15) is 9.59 Å². The maximum atomic E-state index is 13.4. The van der Waals surface area contributed by atoms with Gasteiger partial charge < -0.3 is 19.7 Å². The fraction of sp³-hybridized carbons (Fsp3) is 0.259. The van der Waals surface area contributed by atoms with E-state index in [0.717, 1.165) is 16.7 Å². The summed E-state index contributed by atoms with van der Waals surface area (Å²) < 4.78 is 10.6. The van der Waals surface area contributed by atoms with Gasteiger partial charge in [-0.25, -0.2) is 0 Å². The van der Waals surface area contributed by atoms with Crippen LogP contribution in [0.2, 0.25) is 5.02 Å². The minimum Gasteiger partial charge on any atom is -0.493 e. The van der Waals surface area contributed by atoms with E-state index in [2.05, 4.69) is 5.32 Å². The molecule has 34 heavy (non-hydrogen) atoms. The van der Waals surface area contributed by atoms with E-state index >= 15 is 0 Å². The minimum atomic E-state index is -0.685. The van der Waals surface area contributed by atoms with E-state index in [0.29, 0.717) is 23.1 Å². The van der Waals surface area contributed by atoms with Gasteiger partial charge in [-0.3, -0.25) is 9.59 Å². The minimum absolute atomic E-state index is 0.120. The van der Waals surface area contributed by atoms with Crippen LogP contribution in [0.3, 0.4) is 0 Å². The number of ether oxygens (including phenoxy) is 2. The lowest BCUT2D eigenvalue weighted by Gasteiger charge is -2.29. The second kappa shape index (κ2) is 12.1. The highest BCUT2D eigenvalue weighted by Crippen LogP contribution is 2.28. The van der Waals surface area contributed by atoms with E-state index < -0.39 is 6.04 Å². The molecule has 1 N–H and O–H groups in total. The van der Waals surface area contributed by atoms with E-state index in [1.807, 2.05) is 54.6 Å². The van der Waals surface area contributed by atoms with Crippen LogP contribution in [0.5, 0.6) is 11.5 Å². The Morgan fingerprint density at radius 1 is 0.912 bits per heavy atom. The van der Waals surface area contributed by atoms with Crippen LogP contribution >= 0.6 is 11.6 Å². The molecule has 0 saturated heterocycles. The number of hydrogen-bond acceptors (Lipinski definition) is 4. The summed E-state index contributed by atoms with van der Waals surface area (Å²) in [5, 5.41) is 3.49. The third-order valence-electron chi connectivity index (χ3n) is 5.58. The Morgan fingerprint density at radius 2 is 1.59 bits per heavy atom. The quantitative estimate of drug-likeness (QED) is 0.459. The van der Waals surface area contributed by atoms with Gasteiger partial charge in [-0.05, 0) is 41.8 Å². The van der Waals surface area contributed by atoms with Crippen LogP contribution in [0.15, 0.2) is 72.8 Å². The molecular weight excluding hydrogens is 452 g/mol. The summed E-state index contributed by atoms with van der Waals surface area (Å²) in [7, 11) is 3.11. The first-order chi connectivity index (χ1) is 16.4. The van der Waals surface area contributed by atoms with Gasteiger partial charge in [-0.1, -0.05) is 66.2 Å². The molecule has 0 aliphatic rings. The summed E-state index contributed by atoms with van der Waals surface area (Å²) in [6.45, 7) is 2.33. The second-order valence-electron chi connectivity index (χ2n) is 7.86. The lowest BCUT2D eigenvalue weighted by molar-refractivity contribution is -0.140. The lowest BCUT2D eigenvalue weighted by Crippen LogP contribution is -2.48. The molecule has 0 fully saturated rings. The van der Waals surface area contributed by atoms with E-state index in [-0.39, 0.29) is 24.8 Å². The molecule has 0 unspecified atom stereocenters. The number of benzene rings is 3. The molecule has 7 heteroatoms. The van der Waals surface area contributed by atoms with Gasteiger partial charge in [0.15, 0.2) is 11.5 Å². The normalized spacial score (nSPS) is 11.4. The molecule has 3 aromatic carbocycles. The molecule has 0 spiro atoms. The zero-order valence-corrected chi connectivity index (χ0v) is 20.3. The highest BCUT2D eigenvalue weighted by molar-refractivity contribution is 6.31. The Balaban J connectivity index is 1.77. The second-order valence-corrected chi connectivity index (χ2v) is 8.27. The van der Waals surface area contributed by atoms with Gasteiger partial charge >= 0.3 is 0 Å². The van der Waals surface area contributed by atoms with Crippen molar-refractivity contribution in [1.29, 1.82) is 0 Å². The molecule has 0 radical (unpaired) electrons. The first-order valence-corrected chi connectivity index (χ1v) is 11.4. The number of carbonyl (C=O) groups is 2. The summed E-state index contributed by atoms with van der Waals surface area (Å²) in [6.07, 6.45) is 0.120. The van der Waals surface area contributed by atoms with Crippen molar-refractivity contribution >= 4 is 23.4 Å². The molecule has 2 amide bonds. The Hall–Kier alpha value is -3.51. The number of halogens is 1. The van der Waals surface area contributed by atoms with Gasteiger partial charge in [0.2, 0.25) is 11.8 Å². The van der Waals surface area contributed by atoms with Crippen molar-refractivity contribution in [2.75, 3.05) is 14.2 Å². The summed E-state index contributed by atoms with van der Waals surface area (Å²) >= 11 is 6.21. The highest BCUT2D eigenvalue weighted by Gasteiger charge is 2.26. The van der Waals surface area contributed by atoms with Gasteiger partial charge in [-0.2, -0.15) is 0 Å². The average molecular weight is 481 g/mol. The zero-order valence-electron chi connectivity index (χ0n) is 19.6. The molecule has 0 bridgehead atoms. The standard InChI is InChI=1S/C27H29ClN2O4/c1-19(27(32)29-17-22-11-7-8-12-23(22)28)30(18-20-9-5-4-6-10-20)26(31)16-21-13-14-24(33-2)25(15-21)34-3/h4-15,19H,16-18H2,1-3H3,(H,29,32)/t19-/m0/s1. The molecule has 0 aliphatic heterocycles. The van der Waals surface area contributed by atoms with Crippen LogP contribution in [-0.4, -0.2) is 37.0 Å². The third kappa shape index (κ3) is 6.51. The number of methoxy groups -OCH3 is 2. The lowest BCUT2D eigenvalue weighted by atomic mass is 10.1. The molecule has 3 aromatic rings. The van der Waals surface area contributed by atoms with E-state index in [1.54, 1.807) is 44.2 Å². The van der Waals surface area contributed by atoms with Gasteiger partial charge in [0.1, 0.15) is 6.04 Å². The fourth-order valence-electron chi connectivity index (χ4n) is 3.60. The summed E-state index contributed by atoms with van der Waals surface area (Å²) in [5.41, 5.74) is 2.52. The Kier molecular flexibility index (Phi) is 8.93. The molecule has 0 heterocycles. The summed E-state index contributed by atoms with van der Waals surface area (Å²) in [5.74, 6) is 0.716. The molecule has 0 saturated carbocycles. The SMILES string of the molecule is COc1ccc(CC(=O)N(Cc2ccccc2)[C@@H](C)C(=O)NCc2ccccc2Cl)cc1OC. The van der Waals surface area contributed by atoms with Crippen molar-refractivity contribution in [3.63, 3.8) is 0 Å². The number of carbonyl (C=O) groups excluding carboxylic acids is 2. The third-order valence-corrected chi connectivity index (χ3v) is 5.95. The molecule has 178 valence electrons. The van der Waals surface area contributed by atoms with Crippen molar-refractivity contribution in [3.8, 4) is 11.5 Å².